The van der Waals surface area contributed by atoms with Crippen molar-refractivity contribution in [3.05, 3.63) is 0 Å². The van der Waals surface area contributed by atoms with Crippen LogP contribution in [0.15, 0.2) is 0 Å². The quantitative estimate of drug-likeness (QED) is 0.701. The van der Waals surface area contributed by atoms with Crippen molar-refractivity contribution < 1.29 is 8.42 Å². The molecule has 1 rings (SSSR count). The van der Waals surface area contributed by atoms with Crippen LogP contribution < -0.4 is 5.73 Å². The molecule has 0 spiro atoms. The number of hydrogen-bond acceptors (Lipinski definition) is 4. The second-order valence-electron chi connectivity index (χ2n) is 5.71. The fourth-order valence-electron chi connectivity index (χ4n) is 2.57. The Labute approximate surface area is 124 Å². The molecule has 0 aromatic heterocycles. The number of rotatable bonds is 8. The maximum atomic E-state index is 12.8. The van der Waals surface area contributed by atoms with Gasteiger partial charge in [-0.1, -0.05) is 13.3 Å². The maximum Gasteiger partial charge on any atom is 0.282 e. The Hall–Kier alpha value is -0.210. The van der Waals surface area contributed by atoms with Crippen LogP contribution in [0.25, 0.3) is 0 Å². The van der Waals surface area contributed by atoms with Crippen LogP contribution in [0.4, 0.5) is 0 Å². The fraction of sp³-hybridized carbons (Fsp3) is 1.00. The van der Waals surface area contributed by atoms with E-state index in [1.54, 1.807) is 8.61 Å². The largest absolute Gasteiger partial charge is 0.329 e. The molecule has 1 aliphatic rings. The van der Waals surface area contributed by atoms with Gasteiger partial charge in [0.25, 0.3) is 10.2 Å². The van der Waals surface area contributed by atoms with E-state index in [4.69, 9.17) is 5.73 Å². The van der Waals surface area contributed by atoms with E-state index in [2.05, 4.69) is 0 Å². The first-order chi connectivity index (χ1) is 9.43. The zero-order valence-electron chi connectivity index (χ0n) is 13.1. The molecule has 1 fully saturated rings. The van der Waals surface area contributed by atoms with Gasteiger partial charge in [0.15, 0.2) is 0 Å². The van der Waals surface area contributed by atoms with E-state index in [0.717, 1.165) is 32.2 Å². The Kier molecular flexibility index (Phi) is 7.39. The zero-order chi connectivity index (χ0) is 15.2. The van der Waals surface area contributed by atoms with Crippen LogP contribution in [0, 0.1) is 0 Å². The van der Waals surface area contributed by atoms with Gasteiger partial charge in [0.05, 0.1) is 0 Å². The minimum absolute atomic E-state index is 0.0348. The van der Waals surface area contributed by atoms with Crippen molar-refractivity contribution in [2.45, 2.75) is 38.6 Å². The Morgan fingerprint density at radius 1 is 1.20 bits per heavy atom. The predicted octanol–water partition coefficient (Wildman–Crippen LogP) is 0.318. The molecule has 0 aliphatic carbocycles. The molecular formula is C13H30N4O2S. The summed E-state index contributed by atoms with van der Waals surface area (Å²) in [6.45, 7) is 4.87. The number of nitrogens with zero attached hydrogens (tertiary/aromatic N) is 3. The topological polar surface area (TPSA) is 69.9 Å². The monoisotopic (exact) mass is 306 g/mol. The lowest BCUT2D eigenvalue weighted by Crippen LogP contribution is -2.54. The van der Waals surface area contributed by atoms with Gasteiger partial charge in [-0.2, -0.15) is 17.0 Å². The van der Waals surface area contributed by atoms with E-state index < -0.39 is 10.2 Å². The molecular weight excluding hydrogens is 276 g/mol. The zero-order valence-corrected chi connectivity index (χ0v) is 13.9. The first kappa shape index (κ1) is 17.8. The normalized spacial score (nSPS) is 21.8. The Morgan fingerprint density at radius 3 is 2.45 bits per heavy atom. The van der Waals surface area contributed by atoms with Crippen molar-refractivity contribution in [3.63, 3.8) is 0 Å². The van der Waals surface area contributed by atoms with Gasteiger partial charge in [0.2, 0.25) is 0 Å². The van der Waals surface area contributed by atoms with Crippen LogP contribution in [0.2, 0.25) is 0 Å². The van der Waals surface area contributed by atoms with Gasteiger partial charge in [0, 0.05) is 38.8 Å². The molecule has 1 aliphatic heterocycles. The Morgan fingerprint density at radius 2 is 1.90 bits per heavy atom. The first-order valence-corrected chi connectivity index (χ1v) is 8.94. The molecule has 0 aromatic rings. The third kappa shape index (κ3) is 4.66. The van der Waals surface area contributed by atoms with Crippen molar-refractivity contribution in [1.29, 1.82) is 0 Å². The molecule has 20 heavy (non-hydrogen) atoms. The lowest BCUT2D eigenvalue weighted by atomic mass is 10.1. The second-order valence-corrected chi connectivity index (χ2v) is 7.59. The highest BCUT2D eigenvalue weighted by Gasteiger charge is 2.35. The summed E-state index contributed by atoms with van der Waals surface area (Å²) < 4.78 is 28.9. The molecule has 7 heteroatoms. The van der Waals surface area contributed by atoms with Crippen LogP contribution in [0.5, 0.6) is 0 Å². The summed E-state index contributed by atoms with van der Waals surface area (Å²) in [6, 6.07) is -0.0348. The van der Waals surface area contributed by atoms with Crippen LogP contribution in [0.3, 0.4) is 0 Å². The maximum absolute atomic E-state index is 12.8. The summed E-state index contributed by atoms with van der Waals surface area (Å²) in [5.41, 5.74) is 5.75. The van der Waals surface area contributed by atoms with Crippen LogP contribution in [-0.4, -0.2) is 74.8 Å². The van der Waals surface area contributed by atoms with Gasteiger partial charge in [-0.3, -0.25) is 0 Å². The van der Waals surface area contributed by atoms with Crippen molar-refractivity contribution in [2.75, 3.05) is 46.8 Å². The standard InChI is InChI=1S/C13H30N4O2S/c1-4-8-16(11-10-15(2)3)20(18,19)17-9-6-5-7-13(17)12-14/h13H,4-12,14H2,1-3H3. The van der Waals surface area contributed by atoms with E-state index in [1.807, 2.05) is 25.9 Å². The van der Waals surface area contributed by atoms with E-state index in [0.29, 0.717) is 26.2 Å². The van der Waals surface area contributed by atoms with Gasteiger partial charge in [-0.05, 0) is 33.4 Å². The number of piperidine rings is 1. The summed E-state index contributed by atoms with van der Waals surface area (Å²) >= 11 is 0. The molecule has 0 bridgehead atoms. The molecule has 1 heterocycles. The van der Waals surface area contributed by atoms with Gasteiger partial charge in [0.1, 0.15) is 0 Å². The molecule has 2 N–H and O–H groups in total. The Balaban J connectivity index is 2.84. The average molecular weight is 306 g/mol. The highest BCUT2D eigenvalue weighted by Crippen LogP contribution is 2.22. The molecule has 0 amide bonds. The van der Waals surface area contributed by atoms with E-state index in [1.165, 1.54) is 0 Å². The number of likely N-dealkylation sites (N-methyl/N-ethyl adjacent to an activating group) is 1. The molecule has 0 radical (unpaired) electrons. The van der Waals surface area contributed by atoms with Crippen molar-refractivity contribution in [3.8, 4) is 0 Å². The molecule has 0 aromatic carbocycles. The molecule has 6 nitrogen and oxygen atoms in total. The summed E-state index contributed by atoms with van der Waals surface area (Å²) in [5, 5.41) is 0. The third-order valence-electron chi connectivity index (χ3n) is 3.74. The van der Waals surface area contributed by atoms with E-state index in [-0.39, 0.29) is 6.04 Å². The van der Waals surface area contributed by atoms with Gasteiger partial charge >= 0.3 is 0 Å². The molecule has 120 valence electrons. The summed E-state index contributed by atoms with van der Waals surface area (Å²) in [4.78, 5) is 2.01. The lowest BCUT2D eigenvalue weighted by molar-refractivity contribution is 0.230. The molecule has 1 atom stereocenters. The predicted molar refractivity (Wildman–Crippen MR) is 82.7 cm³/mol. The highest BCUT2D eigenvalue weighted by atomic mass is 32.2. The SMILES string of the molecule is CCCN(CCN(C)C)S(=O)(=O)N1CCCCC1CN. The molecule has 0 saturated carbocycles. The minimum atomic E-state index is -3.38. The average Bonchev–Trinajstić information content (AvgIpc) is 2.42. The first-order valence-electron chi connectivity index (χ1n) is 7.55. The van der Waals surface area contributed by atoms with E-state index in [9.17, 15) is 8.42 Å². The van der Waals surface area contributed by atoms with Crippen LogP contribution in [-0.2, 0) is 10.2 Å². The summed E-state index contributed by atoms with van der Waals surface area (Å²) in [5.74, 6) is 0. The number of nitrogens with two attached hydrogens (primary N) is 1. The second kappa shape index (κ2) is 8.29. The summed E-state index contributed by atoms with van der Waals surface area (Å²) in [7, 11) is 0.534. The molecule has 1 unspecified atom stereocenters. The van der Waals surface area contributed by atoms with Crippen LogP contribution >= 0.6 is 0 Å². The third-order valence-corrected chi connectivity index (χ3v) is 5.83. The lowest BCUT2D eigenvalue weighted by Gasteiger charge is -2.37. The summed E-state index contributed by atoms with van der Waals surface area (Å²) in [6.07, 6.45) is 3.71. The van der Waals surface area contributed by atoms with Gasteiger partial charge in [-0.15, -0.1) is 0 Å². The number of hydrogen-bond donors (Lipinski definition) is 1. The van der Waals surface area contributed by atoms with E-state index >= 15 is 0 Å². The molecule has 1 saturated heterocycles. The van der Waals surface area contributed by atoms with Crippen molar-refractivity contribution in [1.82, 2.24) is 13.5 Å². The minimum Gasteiger partial charge on any atom is -0.329 e. The van der Waals surface area contributed by atoms with Crippen LogP contribution in [0.1, 0.15) is 32.6 Å². The van der Waals surface area contributed by atoms with Gasteiger partial charge in [-0.25, -0.2) is 0 Å². The smallest absolute Gasteiger partial charge is 0.282 e. The fourth-order valence-corrected chi connectivity index (χ4v) is 4.52. The highest BCUT2D eigenvalue weighted by molar-refractivity contribution is 7.86. The Bertz CT molecular complexity index is 373. The van der Waals surface area contributed by atoms with Crippen molar-refractivity contribution in [2.24, 2.45) is 5.73 Å². The van der Waals surface area contributed by atoms with Gasteiger partial charge < -0.3 is 10.6 Å². The van der Waals surface area contributed by atoms with Crippen molar-refractivity contribution >= 4 is 10.2 Å².